The Morgan fingerprint density at radius 1 is 1.42 bits per heavy atom. The van der Waals surface area contributed by atoms with E-state index in [0.29, 0.717) is 15.3 Å². The summed E-state index contributed by atoms with van der Waals surface area (Å²) in [5, 5.41) is 0.560. The van der Waals surface area contributed by atoms with Crippen LogP contribution in [0.2, 0.25) is 0 Å². The topological polar surface area (TPSA) is 26.0 Å². The smallest absolute Gasteiger partial charge is 0.155 e. The van der Waals surface area contributed by atoms with E-state index in [9.17, 15) is 4.39 Å². The van der Waals surface area contributed by atoms with Crippen molar-refractivity contribution in [2.24, 2.45) is 0 Å². The number of benzene rings is 1. The maximum absolute atomic E-state index is 13.2. The highest BCUT2D eigenvalue weighted by molar-refractivity contribution is 7.83. The van der Waals surface area contributed by atoms with Gasteiger partial charge in [0.05, 0.1) is 8.91 Å². The molecule has 1 nitrogen and oxygen atoms in total. The van der Waals surface area contributed by atoms with Crippen molar-refractivity contribution in [2.75, 3.05) is 5.73 Å². The van der Waals surface area contributed by atoms with Crippen molar-refractivity contribution in [3.05, 3.63) is 24.0 Å². The average Bonchev–Trinajstić information content (AvgIpc) is 2.32. The van der Waals surface area contributed by atoms with E-state index in [2.05, 4.69) is 12.6 Å². The standard InChI is InChI=1S/C8H6FNS2/c9-6-4-2-1-3-5(10)7(4)12-8(6)11/h1-3,11H,10H2. The van der Waals surface area contributed by atoms with Gasteiger partial charge in [-0.25, -0.2) is 4.39 Å². The van der Waals surface area contributed by atoms with Crippen LogP contribution in [0.15, 0.2) is 22.4 Å². The monoisotopic (exact) mass is 199 g/mol. The molecule has 0 saturated carbocycles. The molecule has 2 aromatic rings. The van der Waals surface area contributed by atoms with Gasteiger partial charge in [-0.05, 0) is 6.07 Å². The third-order valence-corrected chi connectivity index (χ3v) is 3.17. The number of halogens is 1. The van der Waals surface area contributed by atoms with Gasteiger partial charge < -0.3 is 5.73 Å². The van der Waals surface area contributed by atoms with E-state index in [1.54, 1.807) is 18.2 Å². The van der Waals surface area contributed by atoms with Crippen molar-refractivity contribution in [1.82, 2.24) is 0 Å². The molecule has 0 spiro atoms. The Bertz CT molecular complexity index is 436. The number of thiophene rings is 1. The van der Waals surface area contributed by atoms with E-state index >= 15 is 0 Å². The Hall–Kier alpha value is -0.740. The maximum atomic E-state index is 13.2. The van der Waals surface area contributed by atoms with Gasteiger partial charge in [-0.1, -0.05) is 12.1 Å². The molecule has 0 radical (unpaired) electrons. The molecular formula is C8H6FNS2. The van der Waals surface area contributed by atoms with Crippen molar-refractivity contribution in [2.45, 2.75) is 4.21 Å². The highest BCUT2D eigenvalue weighted by Crippen LogP contribution is 2.35. The van der Waals surface area contributed by atoms with Crippen molar-refractivity contribution < 1.29 is 4.39 Å². The molecule has 4 heteroatoms. The van der Waals surface area contributed by atoms with Crippen LogP contribution in [-0.4, -0.2) is 0 Å². The molecule has 0 aliphatic heterocycles. The summed E-state index contributed by atoms with van der Waals surface area (Å²) in [6.07, 6.45) is 0. The normalized spacial score (nSPS) is 10.8. The van der Waals surface area contributed by atoms with Crippen LogP contribution in [0.5, 0.6) is 0 Å². The minimum atomic E-state index is -0.273. The number of nitrogen functional groups attached to an aromatic ring is 1. The molecule has 0 saturated heterocycles. The summed E-state index contributed by atoms with van der Waals surface area (Å²) >= 11 is 5.26. The first kappa shape index (κ1) is 7.89. The minimum absolute atomic E-state index is 0.273. The summed E-state index contributed by atoms with van der Waals surface area (Å²) in [5.41, 5.74) is 6.26. The number of anilines is 1. The highest BCUT2D eigenvalue weighted by atomic mass is 32.2. The molecule has 62 valence electrons. The summed E-state index contributed by atoms with van der Waals surface area (Å²) in [6.45, 7) is 0. The Morgan fingerprint density at radius 2 is 2.17 bits per heavy atom. The largest absolute Gasteiger partial charge is 0.398 e. The number of rotatable bonds is 0. The summed E-state index contributed by atoms with van der Waals surface area (Å²) < 4.78 is 14.4. The predicted molar refractivity (Wildman–Crippen MR) is 53.4 cm³/mol. The summed E-state index contributed by atoms with van der Waals surface area (Å²) in [7, 11) is 0. The fourth-order valence-corrected chi connectivity index (χ4v) is 2.34. The van der Waals surface area contributed by atoms with Crippen LogP contribution in [0.25, 0.3) is 10.1 Å². The van der Waals surface area contributed by atoms with Crippen LogP contribution in [0.3, 0.4) is 0 Å². The molecule has 0 amide bonds. The fourth-order valence-electron chi connectivity index (χ4n) is 1.10. The molecule has 2 rings (SSSR count). The highest BCUT2D eigenvalue weighted by Gasteiger charge is 2.09. The van der Waals surface area contributed by atoms with Gasteiger partial charge in [-0.3, -0.25) is 0 Å². The van der Waals surface area contributed by atoms with Gasteiger partial charge in [0.15, 0.2) is 5.82 Å². The van der Waals surface area contributed by atoms with Crippen LogP contribution in [0.1, 0.15) is 0 Å². The molecule has 2 N–H and O–H groups in total. The van der Waals surface area contributed by atoms with E-state index in [-0.39, 0.29) is 5.82 Å². The third kappa shape index (κ3) is 0.990. The molecule has 0 bridgehead atoms. The molecule has 0 unspecified atom stereocenters. The number of hydrogen-bond acceptors (Lipinski definition) is 3. The first-order valence-corrected chi connectivity index (χ1v) is 4.62. The quantitative estimate of drug-likeness (QED) is 0.495. The molecule has 1 aromatic heterocycles. The van der Waals surface area contributed by atoms with Gasteiger partial charge >= 0.3 is 0 Å². The zero-order valence-corrected chi connectivity index (χ0v) is 7.75. The number of nitrogens with two attached hydrogens (primary N) is 1. The first-order valence-electron chi connectivity index (χ1n) is 3.35. The van der Waals surface area contributed by atoms with E-state index in [0.717, 1.165) is 4.70 Å². The lowest BCUT2D eigenvalue weighted by atomic mass is 10.2. The lowest BCUT2D eigenvalue weighted by Gasteiger charge is -1.92. The molecule has 12 heavy (non-hydrogen) atoms. The van der Waals surface area contributed by atoms with Crippen molar-refractivity contribution in [1.29, 1.82) is 0 Å². The average molecular weight is 199 g/mol. The van der Waals surface area contributed by atoms with Crippen molar-refractivity contribution in [3.8, 4) is 0 Å². The van der Waals surface area contributed by atoms with Crippen LogP contribution >= 0.6 is 24.0 Å². The fraction of sp³-hybridized carbons (Fsp3) is 0. The van der Waals surface area contributed by atoms with Gasteiger partial charge in [0.2, 0.25) is 0 Å². The number of fused-ring (bicyclic) bond motifs is 1. The second-order valence-corrected chi connectivity index (χ2v) is 4.22. The van der Waals surface area contributed by atoms with Gasteiger partial charge in [0, 0.05) is 11.1 Å². The van der Waals surface area contributed by atoms with Gasteiger partial charge in [0.25, 0.3) is 0 Å². The predicted octanol–water partition coefficient (Wildman–Crippen LogP) is 2.91. The number of hydrogen-bond donors (Lipinski definition) is 2. The lowest BCUT2D eigenvalue weighted by molar-refractivity contribution is 0.624. The van der Waals surface area contributed by atoms with Crippen molar-refractivity contribution >= 4 is 39.7 Å². The van der Waals surface area contributed by atoms with Crippen LogP contribution < -0.4 is 5.73 Å². The molecule has 1 heterocycles. The molecule has 1 aromatic carbocycles. The van der Waals surface area contributed by atoms with Crippen LogP contribution in [-0.2, 0) is 0 Å². The summed E-state index contributed by atoms with van der Waals surface area (Å²) in [6, 6.07) is 5.20. The lowest BCUT2D eigenvalue weighted by Crippen LogP contribution is -1.82. The van der Waals surface area contributed by atoms with Crippen LogP contribution in [0.4, 0.5) is 10.1 Å². The first-order chi connectivity index (χ1) is 5.70. The maximum Gasteiger partial charge on any atom is 0.155 e. The SMILES string of the molecule is Nc1cccc2c(F)c(S)sc12. The second-order valence-electron chi connectivity index (χ2n) is 2.45. The van der Waals surface area contributed by atoms with Gasteiger partial charge in [0.1, 0.15) is 0 Å². The zero-order chi connectivity index (χ0) is 8.72. The van der Waals surface area contributed by atoms with Gasteiger partial charge in [-0.2, -0.15) is 0 Å². The summed E-state index contributed by atoms with van der Waals surface area (Å²) in [4.78, 5) is 0. The van der Waals surface area contributed by atoms with Gasteiger partial charge in [-0.15, -0.1) is 24.0 Å². The van der Waals surface area contributed by atoms with E-state index in [4.69, 9.17) is 5.73 Å². The number of thiol groups is 1. The Morgan fingerprint density at radius 3 is 2.83 bits per heavy atom. The molecule has 0 atom stereocenters. The molecular weight excluding hydrogens is 193 g/mol. The van der Waals surface area contributed by atoms with E-state index in [1.807, 2.05) is 0 Å². The van der Waals surface area contributed by atoms with E-state index < -0.39 is 0 Å². The zero-order valence-electron chi connectivity index (χ0n) is 6.04. The second kappa shape index (κ2) is 2.64. The minimum Gasteiger partial charge on any atom is -0.398 e. The van der Waals surface area contributed by atoms with Crippen molar-refractivity contribution in [3.63, 3.8) is 0 Å². The molecule has 0 aliphatic rings. The Labute approximate surface area is 78.4 Å². The Balaban J connectivity index is 2.95. The third-order valence-electron chi connectivity index (χ3n) is 1.67. The van der Waals surface area contributed by atoms with Crippen LogP contribution in [0, 0.1) is 5.82 Å². The van der Waals surface area contributed by atoms with E-state index in [1.165, 1.54) is 11.3 Å². The molecule has 0 aliphatic carbocycles. The summed E-state index contributed by atoms with van der Waals surface area (Å²) in [5.74, 6) is -0.273. The Kier molecular flexibility index (Phi) is 1.73. The molecule has 0 fully saturated rings.